The molecule has 0 amide bonds. The van der Waals surface area contributed by atoms with Gasteiger partial charge in [0.1, 0.15) is 0 Å². The zero-order valence-electron chi connectivity index (χ0n) is 8.22. The molecule has 2 atom stereocenters. The van der Waals surface area contributed by atoms with Crippen molar-refractivity contribution < 1.29 is 0 Å². The SMILES string of the molecule is CNCC(N)C(C)CC(C)C. The standard InChI is InChI=1S/C9H22N2/c1-7(2)5-8(3)9(10)6-11-4/h7-9,11H,5-6,10H2,1-4H3. The second-order valence-electron chi connectivity index (χ2n) is 3.83. The second kappa shape index (κ2) is 5.56. The van der Waals surface area contributed by atoms with Crippen LogP contribution in [0.2, 0.25) is 0 Å². The molecule has 0 aliphatic rings. The van der Waals surface area contributed by atoms with Gasteiger partial charge in [-0.2, -0.15) is 0 Å². The van der Waals surface area contributed by atoms with Gasteiger partial charge in [-0.3, -0.25) is 0 Å². The Kier molecular flexibility index (Phi) is 5.51. The van der Waals surface area contributed by atoms with Crippen LogP contribution in [-0.2, 0) is 0 Å². The molecule has 0 aromatic carbocycles. The Labute approximate surface area is 70.5 Å². The molecule has 2 heteroatoms. The van der Waals surface area contributed by atoms with Crippen molar-refractivity contribution in [2.75, 3.05) is 13.6 Å². The first kappa shape index (κ1) is 10.9. The summed E-state index contributed by atoms with van der Waals surface area (Å²) in [4.78, 5) is 0. The third-order valence-electron chi connectivity index (χ3n) is 2.01. The Balaban J connectivity index is 3.54. The molecule has 11 heavy (non-hydrogen) atoms. The molecule has 0 bridgehead atoms. The fourth-order valence-corrected chi connectivity index (χ4v) is 1.36. The van der Waals surface area contributed by atoms with E-state index in [9.17, 15) is 0 Å². The average Bonchev–Trinajstić information content (AvgIpc) is 1.86. The lowest BCUT2D eigenvalue weighted by molar-refractivity contribution is 0.365. The molecule has 68 valence electrons. The fraction of sp³-hybridized carbons (Fsp3) is 1.00. The third kappa shape index (κ3) is 5.22. The van der Waals surface area contributed by atoms with Gasteiger partial charge in [0.05, 0.1) is 0 Å². The summed E-state index contributed by atoms with van der Waals surface area (Å²) in [5.41, 5.74) is 5.91. The zero-order valence-corrected chi connectivity index (χ0v) is 8.22. The van der Waals surface area contributed by atoms with Gasteiger partial charge in [-0.1, -0.05) is 20.8 Å². The Morgan fingerprint density at radius 2 is 1.82 bits per heavy atom. The lowest BCUT2D eigenvalue weighted by Gasteiger charge is -2.20. The molecule has 0 aromatic rings. The first-order valence-electron chi connectivity index (χ1n) is 4.48. The van der Waals surface area contributed by atoms with Crippen LogP contribution in [0, 0.1) is 11.8 Å². The summed E-state index contributed by atoms with van der Waals surface area (Å²) in [6, 6.07) is 0.308. The topological polar surface area (TPSA) is 38.0 Å². The Hall–Kier alpha value is -0.0800. The van der Waals surface area contributed by atoms with Crippen molar-refractivity contribution in [3.63, 3.8) is 0 Å². The van der Waals surface area contributed by atoms with Crippen LogP contribution in [0.3, 0.4) is 0 Å². The van der Waals surface area contributed by atoms with E-state index in [1.54, 1.807) is 0 Å². The van der Waals surface area contributed by atoms with E-state index in [1.807, 2.05) is 7.05 Å². The average molecular weight is 158 g/mol. The molecule has 0 radical (unpaired) electrons. The Bertz CT molecular complexity index is 91.6. The summed E-state index contributed by atoms with van der Waals surface area (Å²) in [6.07, 6.45) is 1.23. The van der Waals surface area contributed by atoms with E-state index in [2.05, 4.69) is 26.1 Å². The van der Waals surface area contributed by atoms with E-state index < -0.39 is 0 Å². The summed E-state index contributed by atoms with van der Waals surface area (Å²) in [5.74, 6) is 1.38. The van der Waals surface area contributed by atoms with Crippen molar-refractivity contribution in [1.82, 2.24) is 5.32 Å². The van der Waals surface area contributed by atoms with E-state index in [0.29, 0.717) is 12.0 Å². The van der Waals surface area contributed by atoms with Crippen LogP contribution in [-0.4, -0.2) is 19.6 Å². The first-order valence-corrected chi connectivity index (χ1v) is 4.48. The van der Waals surface area contributed by atoms with Crippen molar-refractivity contribution in [2.45, 2.75) is 33.2 Å². The van der Waals surface area contributed by atoms with Crippen LogP contribution in [0.4, 0.5) is 0 Å². The van der Waals surface area contributed by atoms with Crippen LogP contribution in [0.1, 0.15) is 27.2 Å². The van der Waals surface area contributed by atoms with Crippen LogP contribution >= 0.6 is 0 Å². The van der Waals surface area contributed by atoms with E-state index in [-0.39, 0.29) is 0 Å². The monoisotopic (exact) mass is 158 g/mol. The van der Waals surface area contributed by atoms with E-state index >= 15 is 0 Å². The number of rotatable bonds is 5. The van der Waals surface area contributed by atoms with Crippen molar-refractivity contribution in [1.29, 1.82) is 0 Å². The molecule has 0 aromatic heterocycles. The van der Waals surface area contributed by atoms with E-state index in [0.717, 1.165) is 12.5 Å². The van der Waals surface area contributed by atoms with Gasteiger partial charge in [0.2, 0.25) is 0 Å². The molecule has 0 rings (SSSR count). The molecule has 0 aliphatic heterocycles. The van der Waals surface area contributed by atoms with Crippen molar-refractivity contribution in [2.24, 2.45) is 17.6 Å². The smallest absolute Gasteiger partial charge is 0.0191 e. The summed E-state index contributed by atoms with van der Waals surface area (Å²) in [6.45, 7) is 7.63. The maximum atomic E-state index is 5.91. The van der Waals surface area contributed by atoms with E-state index in [4.69, 9.17) is 5.73 Å². The maximum absolute atomic E-state index is 5.91. The molecule has 2 unspecified atom stereocenters. The summed E-state index contributed by atoms with van der Waals surface area (Å²) < 4.78 is 0. The molecular formula is C9H22N2. The molecule has 2 nitrogen and oxygen atoms in total. The molecule has 0 saturated heterocycles. The predicted molar refractivity (Wildman–Crippen MR) is 50.5 cm³/mol. The molecule has 0 aliphatic carbocycles. The van der Waals surface area contributed by atoms with Gasteiger partial charge in [0, 0.05) is 12.6 Å². The number of nitrogens with one attached hydrogen (secondary N) is 1. The molecule has 0 heterocycles. The van der Waals surface area contributed by atoms with Crippen molar-refractivity contribution in [3.8, 4) is 0 Å². The fourth-order valence-electron chi connectivity index (χ4n) is 1.36. The van der Waals surface area contributed by atoms with Gasteiger partial charge < -0.3 is 11.1 Å². The maximum Gasteiger partial charge on any atom is 0.0191 e. The van der Waals surface area contributed by atoms with E-state index in [1.165, 1.54) is 6.42 Å². The van der Waals surface area contributed by atoms with Crippen molar-refractivity contribution >= 4 is 0 Å². The summed E-state index contributed by atoms with van der Waals surface area (Å²) >= 11 is 0. The van der Waals surface area contributed by atoms with Gasteiger partial charge >= 0.3 is 0 Å². The molecule has 3 N–H and O–H groups in total. The predicted octanol–water partition coefficient (Wildman–Crippen LogP) is 1.22. The minimum absolute atomic E-state index is 0.308. The normalized spacial score (nSPS) is 16.9. The summed E-state index contributed by atoms with van der Waals surface area (Å²) in [7, 11) is 1.95. The number of likely N-dealkylation sites (N-methyl/N-ethyl adjacent to an activating group) is 1. The van der Waals surface area contributed by atoms with Crippen LogP contribution in [0.25, 0.3) is 0 Å². The zero-order chi connectivity index (χ0) is 8.85. The van der Waals surface area contributed by atoms with Gasteiger partial charge in [-0.05, 0) is 25.3 Å². The minimum atomic E-state index is 0.308. The minimum Gasteiger partial charge on any atom is -0.326 e. The summed E-state index contributed by atoms with van der Waals surface area (Å²) in [5, 5.41) is 3.10. The van der Waals surface area contributed by atoms with Gasteiger partial charge in [0.25, 0.3) is 0 Å². The highest BCUT2D eigenvalue weighted by atomic mass is 14.9. The number of hydrogen-bond donors (Lipinski definition) is 2. The lowest BCUT2D eigenvalue weighted by Crippen LogP contribution is -2.38. The number of nitrogens with two attached hydrogens (primary N) is 1. The van der Waals surface area contributed by atoms with Crippen molar-refractivity contribution in [3.05, 3.63) is 0 Å². The Morgan fingerprint density at radius 1 is 1.27 bits per heavy atom. The van der Waals surface area contributed by atoms with Crippen LogP contribution in [0.15, 0.2) is 0 Å². The van der Waals surface area contributed by atoms with Crippen LogP contribution in [0.5, 0.6) is 0 Å². The Morgan fingerprint density at radius 3 is 2.18 bits per heavy atom. The molecular weight excluding hydrogens is 136 g/mol. The van der Waals surface area contributed by atoms with Gasteiger partial charge in [-0.15, -0.1) is 0 Å². The first-order chi connectivity index (χ1) is 5.07. The largest absolute Gasteiger partial charge is 0.326 e. The molecule has 0 fully saturated rings. The van der Waals surface area contributed by atoms with Crippen LogP contribution < -0.4 is 11.1 Å². The molecule has 0 saturated carbocycles. The third-order valence-corrected chi connectivity index (χ3v) is 2.01. The molecule has 0 spiro atoms. The highest BCUT2D eigenvalue weighted by Crippen LogP contribution is 2.12. The van der Waals surface area contributed by atoms with Gasteiger partial charge in [0.15, 0.2) is 0 Å². The lowest BCUT2D eigenvalue weighted by atomic mass is 9.93. The quantitative estimate of drug-likeness (QED) is 0.631. The number of hydrogen-bond acceptors (Lipinski definition) is 2. The highest BCUT2D eigenvalue weighted by molar-refractivity contribution is 4.71. The van der Waals surface area contributed by atoms with Gasteiger partial charge in [-0.25, -0.2) is 0 Å². The second-order valence-corrected chi connectivity index (χ2v) is 3.83. The highest BCUT2D eigenvalue weighted by Gasteiger charge is 2.12.